The molecule has 2 aromatic rings. The molecule has 1 N–H and O–H groups in total. The van der Waals surface area contributed by atoms with Crippen molar-refractivity contribution in [2.75, 3.05) is 24.2 Å². The minimum absolute atomic E-state index is 0.186. The molecule has 0 saturated carbocycles. The fourth-order valence-electron chi connectivity index (χ4n) is 2.90. The van der Waals surface area contributed by atoms with Gasteiger partial charge in [-0.3, -0.25) is 13.9 Å². The molecule has 0 aliphatic carbocycles. The zero-order chi connectivity index (χ0) is 22.5. The number of rotatable bonds is 8. The van der Waals surface area contributed by atoms with E-state index in [1.807, 2.05) is 31.2 Å². The lowest BCUT2D eigenvalue weighted by Crippen LogP contribution is -2.50. The topological polar surface area (TPSA) is 86.8 Å². The van der Waals surface area contributed by atoms with Gasteiger partial charge in [0.25, 0.3) is 0 Å². The van der Waals surface area contributed by atoms with Gasteiger partial charge in [-0.15, -0.1) is 0 Å². The van der Waals surface area contributed by atoms with E-state index in [1.165, 1.54) is 11.9 Å². The average Bonchev–Trinajstić information content (AvgIpc) is 2.70. The highest BCUT2D eigenvalue weighted by molar-refractivity contribution is 9.10. The molecule has 0 aliphatic heterocycles. The molecule has 1 atom stereocenters. The van der Waals surface area contributed by atoms with Crippen molar-refractivity contribution in [3.8, 4) is 0 Å². The quantitative estimate of drug-likeness (QED) is 0.609. The summed E-state index contributed by atoms with van der Waals surface area (Å²) in [7, 11) is -2.22. The van der Waals surface area contributed by atoms with Crippen LogP contribution in [-0.4, -0.2) is 51.0 Å². The van der Waals surface area contributed by atoms with Gasteiger partial charge in [0.15, 0.2) is 0 Å². The van der Waals surface area contributed by atoms with Gasteiger partial charge in [0.1, 0.15) is 12.6 Å². The molecule has 2 amide bonds. The number of amides is 2. The maximum absolute atomic E-state index is 13.2. The summed E-state index contributed by atoms with van der Waals surface area (Å²) in [6.45, 7) is 3.36. The van der Waals surface area contributed by atoms with Crippen LogP contribution in [0.3, 0.4) is 0 Å². The number of benzene rings is 2. The van der Waals surface area contributed by atoms with Crippen LogP contribution in [0.2, 0.25) is 0 Å². The Kier molecular flexibility index (Phi) is 8.03. The first-order chi connectivity index (χ1) is 14.0. The number of carbonyl (C=O) groups is 2. The number of halogens is 1. The Morgan fingerprint density at radius 3 is 2.13 bits per heavy atom. The second-order valence-corrected chi connectivity index (χ2v) is 9.87. The van der Waals surface area contributed by atoms with E-state index in [0.29, 0.717) is 5.69 Å². The number of nitrogens with zero attached hydrogens (tertiary/aromatic N) is 2. The van der Waals surface area contributed by atoms with Crippen LogP contribution in [0.5, 0.6) is 0 Å². The van der Waals surface area contributed by atoms with Crippen molar-refractivity contribution in [3.63, 3.8) is 0 Å². The molecule has 0 aromatic heterocycles. The van der Waals surface area contributed by atoms with Crippen LogP contribution in [0.4, 0.5) is 5.69 Å². The number of hydrogen-bond acceptors (Lipinski definition) is 4. The zero-order valence-corrected chi connectivity index (χ0v) is 19.8. The van der Waals surface area contributed by atoms with E-state index in [1.54, 1.807) is 31.2 Å². The summed E-state index contributed by atoms with van der Waals surface area (Å²) in [6, 6.07) is 13.5. The van der Waals surface area contributed by atoms with Crippen molar-refractivity contribution in [1.82, 2.24) is 10.2 Å². The van der Waals surface area contributed by atoms with E-state index in [-0.39, 0.29) is 12.5 Å². The van der Waals surface area contributed by atoms with Crippen molar-refractivity contribution in [1.29, 1.82) is 0 Å². The second kappa shape index (κ2) is 10.1. The molecule has 30 heavy (non-hydrogen) atoms. The number of likely N-dealkylation sites (N-methyl/N-ethyl adjacent to an activating group) is 1. The predicted octanol–water partition coefficient (Wildman–Crippen LogP) is 2.69. The number of nitrogens with one attached hydrogen (secondary N) is 1. The van der Waals surface area contributed by atoms with Gasteiger partial charge in [-0.25, -0.2) is 8.42 Å². The van der Waals surface area contributed by atoms with Crippen molar-refractivity contribution in [2.24, 2.45) is 0 Å². The standard InChI is InChI=1S/C21H26BrN3O4S/c1-15-5-7-17(8-6-15)13-24(16(2)21(27)23-3)20(26)14-25(30(4,28)29)19-11-9-18(22)10-12-19/h5-12,16H,13-14H2,1-4H3,(H,23,27)/t16-/m1/s1. The first kappa shape index (κ1) is 23.9. The van der Waals surface area contributed by atoms with Gasteiger partial charge < -0.3 is 10.2 Å². The first-order valence-electron chi connectivity index (χ1n) is 9.33. The summed E-state index contributed by atoms with van der Waals surface area (Å²) >= 11 is 3.32. The van der Waals surface area contributed by atoms with E-state index >= 15 is 0 Å². The van der Waals surface area contributed by atoms with Gasteiger partial charge in [-0.05, 0) is 43.7 Å². The minimum Gasteiger partial charge on any atom is -0.357 e. The Morgan fingerprint density at radius 1 is 1.07 bits per heavy atom. The molecule has 0 aliphatic rings. The van der Waals surface area contributed by atoms with E-state index < -0.39 is 28.5 Å². The van der Waals surface area contributed by atoms with E-state index in [4.69, 9.17) is 0 Å². The third-order valence-corrected chi connectivity index (χ3v) is 6.35. The Hall–Kier alpha value is -2.39. The summed E-state index contributed by atoms with van der Waals surface area (Å²) in [6.07, 6.45) is 1.05. The largest absolute Gasteiger partial charge is 0.357 e. The molecule has 0 bridgehead atoms. The molecular formula is C21H26BrN3O4S. The Labute approximate surface area is 186 Å². The highest BCUT2D eigenvalue weighted by Crippen LogP contribution is 2.21. The molecule has 0 heterocycles. The van der Waals surface area contributed by atoms with Crippen LogP contribution < -0.4 is 9.62 Å². The lowest BCUT2D eigenvalue weighted by Gasteiger charge is -2.31. The molecule has 0 radical (unpaired) electrons. The predicted molar refractivity (Wildman–Crippen MR) is 122 cm³/mol. The van der Waals surface area contributed by atoms with Gasteiger partial charge in [-0.2, -0.15) is 0 Å². The number of anilines is 1. The van der Waals surface area contributed by atoms with Crippen LogP contribution in [0.25, 0.3) is 0 Å². The van der Waals surface area contributed by atoms with Gasteiger partial charge in [-0.1, -0.05) is 45.8 Å². The fourth-order valence-corrected chi connectivity index (χ4v) is 4.02. The molecule has 0 saturated heterocycles. The van der Waals surface area contributed by atoms with Gasteiger partial charge >= 0.3 is 0 Å². The van der Waals surface area contributed by atoms with Crippen molar-refractivity contribution >= 4 is 43.5 Å². The minimum atomic E-state index is -3.72. The normalized spacial score (nSPS) is 12.2. The zero-order valence-electron chi connectivity index (χ0n) is 17.4. The number of aryl methyl sites for hydroxylation is 1. The highest BCUT2D eigenvalue weighted by Gasteiger charge is 2.29. The summed E-state index contributed by atoms with van der Waals surface area (Å²) < 4.78 is 26.6. The number of carbonyl (C=O) groups excluding carboxylic acids is 2. The highest BCUT2D eigenvalue weighted by atomic mass is 79.9. The maximum Gasteiger partial charge on any atom is 0.244 e. The van der Waals surface area contributed by atoms with Crippen LogP contribution in [0, 0.1) is 6.92 Å². The second-order valence-electron chi connectivity index (χ2n) is 7.04. The molecule has 162 valence electrons. The van der Waals surface area contributed by atoms with E-state index in [2.05, 4.69) is 21.2 Å². The van der Waals surface area contributed by atoms with Crippen molar-refractivity contribution in [2.45, 2.75) is 26.4 Å². The summed E-state index contributed by atoms with van der Waals surface area (Å²) in [5.41, 5.74) is 2.30. The lowest BCUT2D eigenvalue weighted by atomic mass is 10.1. The molecule has 2 rings (SSSR count). The van der Waals surface area contributed by atoms with Crippen molar-refractivity contribution in [3.05, 3.63) is 64.1 Å². The monoisotopic (exact) mass is 495 g/mol. The molecule has 9 heteroatoms. The molecule has 0 fully saturated rings. The van der Waals surface area contributed by atoms with E-state index in [0.717, 1.165) is 26.2 Å². The Balaban J connectivity index is 2.35. The first-order valence-corrected chi connectivity index (χ1v) is 12.0. The van der Waals surface area contributed by atoms with Gasteiger partial charge in [0.05, 0.1) is 11.9 Å². The summed E-state index contributed by atoms with van der Waals surface area (Å²) in [4.78, 5) is 26.8. The third kappa shape index (κ3) is 6.30. The average molecular weight is 496 g/mol. The van der Waals surface area contributed by atoms with Gasteiger partial charge in [0, 0.05) is 18.1 Å². The van der Waals surface area contributed by atoms with Crippen LogP contribution >= 0.6 is 15.9 Å². The lowest BCUT2D eigenvalue weighted by molar-refractivity contribution is -0.139. The van der Waals surface area contributed by atoms with Crippen molar-refractivity contribution < 1.29 is 18.0 Å². The SMILES string of the molecule is CNC(=O)[C@@H](C)N(Cc1ccc(C)cc1)C(=O)CN(c1ccc(Br)cc1)S(C)(=O)=O. The molecular weight excluding hydrogens is 470 g/mol. The number of sulfonamides is 1. The van der Waals surface area contributed by atoms with Crippen LogP contribution in [0.15, 0.2) is 53.0 Å². The van der Waals surface area contributed by atoms with Crippen LogP contribution in [0.1, 0.15) is 18.1 Å². The molecule has 7 nitrogen and oxygen atoms in total. The van der Waals surface area contributed by atoms with E-state index in [9.17, 15) is 18.0 Å². The third-order valence-electron chi connectivity index (χ3n) is 4.68. The number of hydrogen-bond donors (Lipinski definition) is 1. The summed E-state index contributed by atoms with van der Waals surface area (Å²) in [5, 5.41) is 2.55. The molecule has 0 spiro atoms. The molecule has 2 aromatic carbocycles. The molecule has 0 unspecified atom stereocenters. The smallest absolute Gasteiger partial charge is 0.244 e. The van der Waals surface area contributed by atoms with Gasteiger partial charge in [0.2, 0.25) is 21.8 Å². The van der Waals surface area contributed by atoms with Crippen LogP contribution in [-0.2, 0) is 26.2 Å². The summed E-state index contributed by atoms with van der Waals surface area (Å²) in [5.74, 6) is -0.801. The maximum atomic E-state index is 13.2. The Morgan fingerprint density at radius 2 is 1.63 bits per heavy atom. The fraction of sp³-hybridized carbons (Fsp3) is 0.333. The Bertz CT molecular complexity index is 992.